The number of nitrogens with zero attached hydrogens (tertiary/aromatic N) is 3. The van der Waals surface area contributed by atoms with Crippen LogP contribution in [0, 0.1) is 5.82 Å². The van der Waals surface area contributed by atoms with E-state index in [1.165, 1.54) is 12.1 Å². The van der Waals surface area contributed by atoms with E-state index in [0.717, 1.165) is 28.7 Å². The molecule has 5 heteroatoms. The Morgan fingerprint density at radius 2 is 1.76 bits per heavy atom. The van der Waals surface area contributed by atoms with Crippen molar-refractivity contribution in [3.05, 3.63) is 71.8 Å². The van der Waals surface area contributed by atoms with Crippen LogP contribution < -0.4 is 0 Å². The molecular formula is C20H22FN3O. The van der Waals surface area contributed by atoms with Gasteiger partial charge >= 0.3 is 0 Å². The minimum Gasteiger partial charge on any atom is -0.395 e. The number of aliphatic hydroxyl groups excluding tert-OH is 1. The van der Waals surface area contributed by atoms with Gasteiger partial charge in [0, 0.05) is 19.1 Å². The van der Waals surface area contributed by atoms with E-state index in [4.69, 9.17) is 0 Å². The van der Waals surface area contributed by atoms with E-state index >= 15 is 0 Å². The molecule has 4 nitrogen and oxygen atoms in total. The Bertz CT molecular complexity index is 819. The molecule has 0 saturated carbocycles. The minimum absolute atomic E-state index is 0.0123. The van der Waals surface area contributed by atoms with Crippen LogP contribution in [0.1, 0.15) is 24.6 Å². The molecular weight excluding hydrogens is 317 g/mol. The lowest BCUT2D eigenvalue weighted by molar-refractivity contribution is 0.105. The van der Waals surface area contributed by atoms with Gasteiger partial charge in [-0.05, 0) is 36.2 Å². The van der Waals surface area contributed by atoms with Gasteiger partial charge in [-0.1, -0.05) is 31.2 Å². The lowest BCUT2D eigenvalue weighted by Gasteiger charge is -2.29. The molecule has 3 aromatic rings. The van der Waals surface area contributed by atoms with Gasteiger partial charge in [0.1, 0.15) is 5.82 Å². The summed E-state index contributed by atoms with van der Waals surface area (Å²) in [5, 5.41) is 9.73. The molecule has 0 amide bonds. The van der Waals surface area contributed by atoms with Crippen LogP contribution in [0.25, 0.3) is 11.0 Å². The van der Waals surface area contributed by atoms with E-state index in [9.17, 15) is 9.50 Å². The molecule has 0 aliphatic heterocycles. The fourth-order valence-electron chi connectivity index (χ4n) is 2.92. The maximum absolute atomic E-state index is 13.1. The number of rotatable bonds is 7. The van der Waals surface area contributed by atoms with Crippen LogP contribution in [0.15, 0.2) is 54.7 Å². The highest BCUT2D eigenvalue weighted by atomic mass is 19.1. The quantitative estimate of drug-likeness (QED) is 0.715. The number of benzene rings is 2. The highest BCUT2D eigenvalue weighted by molar-refractivity contribution is 5.73. The van der Waals surface area contributed by atoms with Gasteiger partial charge < -0.3 is 5.11 Å². The van der Waals surface area contributed by atoms with Crippen LogP contribution in [0.4, 0.5) is 4.39 Å². The summed E-state index contributed by atoms with van der Waals surface area (Å²) < 4.78 is 13.1. The summed E-state index contributed by atoms with van der Waals surface area (Å²) in [6.07, 6.45) is 2.60. The number of aliphatic hydroxyl groups is 1. The van der Waals surface area contributed by atoms with Gasteiger partial charge in [-0.3, -0.25) is 9.88 Å². The molecule has 0 spiro atoms. The molecule has 0 aliphatic rings. The number of fused-ring (bicyclic) bond motifs is 1. The number of hydrogen-bond acceptors (Lipinski definition) is 4. The lowest BCUT2D eigenvalue weighted by Crippen LogP contribution is -2.36. The van der Waals surface area contributed by atoms with E-state index < -0.39 is 0 Å². The smallest absolute Gasteiger partial charge is 0.123 e. The highest BCUT2D eigenvalue weighted by Crippen LogP contribution is 2.16. The first-order valence-electron chi connectivity index (χ1n) is 8.49. The molecule has 0 radical (unpaired) electrons. The number of aromatic nitrogens is 2. The molecule has 130 valence electrons. The topological polar surface area (TPSA) is 49.2 Å². The average molecular weight is 339 g/mol. The van der Waals surface area contributed by atoms with E-state index in [2.05, 4.69) is 14.9 Å². The molecule has 0 bridgehead atoms. The Kier molecular flexibility index (Phi) is 5.68. The van der Waals surface area contributed by atoms with E-state index in [1.807, 2.05) is 31.2 Å². The molecule has 0 fully saturated rings. The number of hydrogen-bond donors (Lipinski definition) is 1. The van der Waals surface area contributed by atoms with Crippen LogP contribution in [0.5, 0.6) is 0 Å². The lowest BCUT2D eigenvalue weighted by atomic mass is 10.1. The van der Waals surface area contributed by atoms with Crippen molar-refractivity contribution in [1.82, 2.24) is 14.9 Å². The second kappa shape index (κ2) is 8.14. The van der Waals surface area contributed by atoms with E-state index in [-0.39, 0.29) is 18.5 Å². The van der Waals surface area contributed by atoms with Gasteiger partial charge in [-0.25, -0.2) is 9.37 Å². The maximum atomic E-state index is 13.1. The predicted molar refractivity (Wildman–Crippen MR) is 96.3 cm³/mol. The van der Waals surface area contributed by atoms with Crippen molar-refractivity contribution in [1.29, 1.82) is 0 Å². The van der Waals surface area contributed by atoms with Crippen molar-refractivity contribution in [2.45, 2.75) is 32.5 Å². The molecule has 1 atom stereocenters. The third-order valence-corrected chi connectivity index (χ3v) is 4.36. The third kappa shape index (κ3) is 4.38. The summed E-state index contributed by atoms with van der Waals surface area (Å²) >= 11 is 0. The molecule has 1 unspecified atom stereocenters. The second-order valence-corrected chi connectivity index (χ2v) is 6.13. The Hall–Kier alpha value is -2.37. The Morgan fingerprint density at radius 1 is 1.04 bits per heavy atom. The standard InChI is InChI=1S/C20H22FN3O/c1-2-18(14-25)24(12-15-7-9-16(21)10-8-15)13-17-11-22-19-5-3-4-6-20(19)23-17/h3-11,18,25H,2,12-14H2,1H3. The van der Waals surface area contributed by atoms with Gasteiger partial charge in [0.25, 0.3) is 0 Å². The summed E-state index contributed by atoms with van der Waals surface area (Å²) in [6.45, 7) is 3.31. The van der Waals surface area contributed by atoms with Crippen LogP contribution in [0.3, 0.4) is 0 Å². The highest BCUT2D eigenvalue weighted by Gasteiger charge is 2.18. The van der Waals surface area contributed by atoms with Crippen LogP contribution in [0.2, 0.25) is 0 Å². The number of para-hydroxylation sites is 2. The first-order valence-corrected chi connectivity index (χ1v) is 8.49. The van der Waals surface area contributed by atoms with Crippen LogP contribution in [-0.2, 0) is 13.1 Å². The monoisotopic (exact) mass is 339 g/mol. The Morgan fingerprint density at radius 3 is 2.44 bits per heavy atom. The molecule has 0 saturated heterocycles. The first-order chi connectivity index (χ1) is 12.2. The Labute approximate surface area is 147 Å². The van der Waals surface area contributed by atoms with Gasteiger partial charge in [0.2, 0.25) is 0 Å². The zero-order valence-electron chi connectivity index (χ0n) is 14.3. The summed E-state index contributed by atoms with van der Waals surface area (Å²) in [6, 6.07) is 14.3. The normalized spacial score (nSPS) is 12.6. The Balaban J connectivity index is 1.83. The maximum Gasteiger partial charge on any atom is 0.123 e. The first kappa shape index (κ1) is 17.5. The molecule has 3 rings (SSSR count). The van der Waals surface area contributed by atoms with E-state index in [1.54, 1.807) is 18.3 Å². The third-order valence-electron chi connectivity index (χ3n) is 4.36. The van der Waals surface area contributed by atoms with Gasteiger partial charge in [-0.2, -0.15) is 0 Å². The fourth-order valence-corrected chi connectivity index (χ4v) is 2.92. The van der Waals surface area contributed by atoms with Gasteiger partial charge in [0.15, 0.2) is 0 Å². The molecule has 1 heterocycles. The summed E-state index contributed by atoms with van der Waals surface area (Å²) in [5.74, 6) is -0.245. The summed E-state index contributed by atoms with van der Waals surface area (Å²) in [5.41, 5.74) is 3.58. The molecule has 25 heavy (non-hydrogen) atoms. The zero-order chi connectivity index (χ0) is 17.6. The minimum atomic E-state index is -0.245. The molecule has 1 aromatic heterocycles. The van der Waals surface area contributed by atoms with Gasteiger partial charge in [-0.15, -0.1) is 0 Å². The van der Waals surface area contributed by atoms with Crippen molar-refractivity contribution >= 4 is 11.0 Å². The van der Waals surface area contributed by atoms with Crippen LogP contribution >= 0.6 is 0 Å². The van der Waals surface area contributed by atoms with E-state index in [0.29, 0.717) is 13.1 Å². The van der Waals surface area contributed by atoms with Crippen molar-refractivity contribution in [2.75, 3.05) is 6.61 Å². The van der Waals surface area contributed by atoms with Crippen molar-refractivity contribution in [3.63, 3.8) is 0 Å². The van der Waals surface area contributed by atoms with Crippen molar-refractivity contribution in [2.24, 2.45) is 0 Å². The van der Waals surface area contributed by atoms with Crippen molar-refractivity contribution < 1.29 is 9.50 Å². The zero-order valence-corrected chi connectivity index (χ0v) is 14.3. The summed E-state index contributed by atoms with van der Waals surface area (Å²) in [4.78, 5) is 11.3. The molecule has 0 aliphatic carbocycles. The predicted octanol–water partition coefficient (Wildman–Crippen LogP) is 3.54. The van der Waals surface area contributed by atoms with Gasteiger partial charge in [0.05, 0.1) is 29.5 Å². The summed E-state index contributed by atoms with van der Waals surface area (Å²) in [7, 11) is 0. The number of halogens is 1. The largest absolute Gasteiger partial charge is 0.395 e. The second-order valence-electron chi connectivity index (χ2n) is 6.13. The molecule has 2 aromatic carbocycles. The van der Waals surface area contributed by atoms with Crippen molar-refractivity contribution in [3.8, 4) is 0 Å². The SMILES string of the molecule is CCC(CO)N(Cc1ccc(F)cc1)Cc1cnc2ccccc2n1. The van der Waals surface area contributed by atoms with Crippen LogP contribution in [-0.4, -0.2) is 32.6 Å². The molecule has 1 N–H and O–H groups in total. The average Bonchev–Trinajstić information content (AvgIpc) is 2.64. The fraction of sp³-hybridized carbons (Fsp3) is 0.300.